The molecule has 7 nitrogen and oxygen atoms in total. The van der Waals surface area contributed by atoms with Gasteiger partial charge in [0.15, 0.2) is 5.58 Å². The zero-order chi connectivity index (χ0) is 30.4. The molecule has 1 saturated heterocycles. The summed E-state index contributed by atoms with van der Waals surface area (Å²) in [6.45, 7) is 6.12. The minimum absolute atomic E-state index is 0.258. The van der Waals surface area contributed by atoms with Crippen molar-refractivity contribution in [3.05, 3.63) is 94.0 Å². The van der Waals surface area contributed by atoms with Crippen molar-refractivity contribution in [1.29, 1.82) is 0 Å². The predicted octanol–water partition coefficient (Wildman–Crippen LogP) is 6.19. The second-order valence-corrected chi connectivity index (χ2v) is 10.1. The number of alkyl halides is 3. The maximum Gasteiger partial charge on any atom is 0.490 e. The number of H-pyrrole nitrogens is 1. The molecule has 42 heavy (non-hydrogen) atoms. The number of aliphatic carboxylic acids is 1. The first-order valence-corrected chi connectivity index (χ1v) is 13.4. The van der Waals surface area contributed by atoms with Gasteiger partial charge in [-0.3, -0.25) is 14.8 Å². The van der Waals surface area contributed by atoms with Gasteiger partial charge in [-0.25, -0.2) is 18.4 Å². The van der Waals surface area contributed by atoms with E-state index in [4.69, 9.17) is 14.3 Å². The van der Waals surface area contributed by atoms with Crippen LogP contribution in [0.2, 0.25) is 0 Å². The third-order valence-electron chi connectivity index (χ3n) is 7.13. The summed E-state index contributed by atoms with van der Waals surface area (Å²) in [6, 6.07) is 17.5. The van der Waals surface area contributed by atoms with E-state index in [0.29, 0.717) is 35.8 Å². The van der Waals surface area contributed by atoms with Crippen LogP contribution in [0, 0.1) is 11.6 Å². The Hall–Kier alpha value is -4.03. The standard InChI is InChI=1S/C28H29F2N3O2.C2HF3O2/c1-2-33-13-3-4-24(33)18-32(16-19-5-9-23(29)10-6-19)17-22-14-20(7-11-25(22)30)21-8-12-26-27(15-21)35-28(34)31-26;3-2(4,5)1(6)7/h5-12,14-15,24H,2-4,13,16-18H2,1H3,(H,31,34);(H,6,7). The Balaban J connectivity index is 0.000000517. The monoisotopic (exact) mass is 591 g/mol. The lowest BCUT2D eigenvalue weighted by atomic mass is 10.0. The van der Waals surface area contributed by atoms with E-state index in [9.17, 15) is 26.7 Å². The average Bonchev–Trinajstić information content (AvgIpc) is 3.55. The number of carbonyl (C=O) groups is 1. The number of hydrogen-bond donors (Lipinski definition) is 2. The van der Waals surface area contributed by atoms with E-state index in [2.05, 4.69) is 21.7 Å². The van der Waals surface area contributed by atoms with Gasteiger partial charge >= 0.3 is 17.9 Å². The molecular weight excluding hydrogens is 561 g/mol. The highest BCUT2D eigenvalue weighted by molar-refractivity contribution is 5.80. The Kier molecular flexibility index (Phi) is 9.79. The summed E-state index contributed by atoms with van der Waals surface area (Å²) in [5.41, 5.74) is 4.39. The van der Waals surface area contributed by atoms with Crippen LogP contribution < -0.4 is 5.76 Å². The number of rotatable bonds is 8. The van der Waals surface area contributed by atoms with Crippen LogP contribution in [0.1, 0.15) is 30.9 Å². The van der Waals surface area contributed by atoms with E-state index >= 15 is 0 Å². The highest BCUT2D eigenvalue weighted by Gasteiger charge is 2.38. The van der Waals surface area contributed by atoms with Crippen molar-refractivity contribution in [2.45, 2.75) is 45.1 Å². The molecule has 2 heterocycles. The summed E-state index contributed by atoms with van der Waals surface area (Å²) in [5, 5.41) is 7.12. The van der Waals surface area contributed by atoms with Gasteiger partial charge in [0.2, 0.25) is 0 Å². The summed E-state index contributed by atoms with van der Waals surface area (Å²) in [5.74, 6) is -3.78. The minimum atomic E-state index is -5.08. The summed E-state index contributed by atoms with van der Waals surface area (Å²) in [6.07, 6.45) is -2.79. The molecule has 2 N–H and O–H groups in total. The quantitative estimate of drug-likeness (QED) is 0.238. The van der Waals surface area contributed by atoms with E-state index < -0.39 is 17.9 Å². The lowest BCUT2D eigenvalue weighted by Gasteiger charge is -2.30. The molecule has 1 aliphatic rings. The molecule has 0 spiro atoms. The largest absolute Gasteiger partial charge is 0.490 e. The van der Waals surface area contributed by atoms with Crippen LogP contribution in [-0.4, -0.2) is 57.7 Å². The van der Waals surface area contributed by atoms with Gasteiger partial charge in [-0.1, -0.05) is 31.2 Å². The van der Waals surface area contributed by atoms with Crippen molar-refractivity contribution in [2.75, 3.05) is 19.6 Å². The van der Waals surface area contributed by atoms with Crippen molar-refractivity contribution < 1.29 is 36.3 Å². The first kappa shape index (κ1) is 30.9. The molecule has 0 amide bonds. The Labute approximate surface area is 238 Å². The zero-order valence-electron chi connectivity index (χ0n) is 22.8. The molecule has 0 radical (unpaired) electrons. The molecule has 224 valence electrons. The fraction of sp³-hybridized carbons (Fsp3) is 0.333. The zero-order valence-corrected chi connectivity index (χ0v) is 22.8. The smallest absolute Gasteiger partial charge is 0.475 e. The number of carboxylic acids is 1. The fourth-order valence-corrected chi connectivity index (χ4v) is 5.09. The lowest BCUT2D eigenvalue weighted by molar-refractivity contribution is -0.192. The van der Waals surface area contributed by atoms with E-state index in [1.54, 1.807) is 30.3 Å². The van der Waals surface area contributed by atoms with Crippen LogP contribution in [-0.2, 0) is 17.9 Å². The molecule has 4 aromatic rings. The topological polar surface area (TPSA) is 89.8 Å². The highest BCUT2D eigenvalue weighted by atomic mass is 19.4. The molecule has 12 heteroatoms. The van der Waals surface area contributed by atoms with Gasteiger partial charge in [0.05, 0.1) is 5.52 Å². The Morgan fingerprint density at radius 2 is 1.71 bits per heavy atom. The number of aromatic nitrogens is 1. The summed E-state index contributed by atoms with van der Waals surface area (Å²) in [4.78, 5) is 27.8. The van der Waals surface area contributed by atoms with Gasteiger partial charge in [0.25, 0.3) is 0 Å². The van der Waals surface area contributed by atoms with Gasteiger partial charge in [0.1, 0.15) is 11.6 Å². The Morgan fingerprint density at radius 3 is 2.38 bits per heavy atom. The minimum Gasteiger partial charge on any atom is -0.475 e. The van der Waals surface area contributed by atoms with E-state index in [1.165, 1.54) is 24.6 Å². The molecule has 1 aliphatic heterocycles. The van der Waals surface area contributed by atoms with Crippen molar-refractivity contribution in [3.8, 4) is 11.1 Å². The molecule has 3 aromatic carbocycles. The van der Waals surface area contributed by atoms with Gasteiger partial charge in [-0.2, -0.15) is 13.2 Å². The number of hydrogen-bond acceptors (Lipinski definition) is 5. The maximum absolute atomic E-state index is 15.0. The lowest BCUT2D eigenvalue weighted by Crippen LogP contribution is -2.39. The predicted molar refractivity (Wildman–Crippen MR) is 147 cm³/mol. The number of aromatic amines is 1. The van der Waals surface area contributed by atoms with Crippen LogP contribution in [0.5, 0.6) is 0 Å². The fourth-order valence-electron chi connectivity index (χ4n) is 5.09. The van der Waals surface area contributed by atoms with Crippen molar-refractivity contribution in [2.24, 2.45) is 0 Å². The van der Waals surface area contributed by atoms with Gasteiger partial charge in [-0.05, 0) is 79.0 Å². The number of likely N-dealkylation sites (tertiary alicyclic amines) is 1. The molecule has 5 rings (SSSR count). The van der Waals surface area contributed by atoms with Crippen LogP contribution in [0.3, 0.4) is 0 Å². The molecule has 1 atom stereocenters. The summed E-state index contributed by atoms with van der Waals surface area (Å²) < 4.78 is 65.4. The van der Waals surface area contributed by atoms with Gasteiger partial charge in [-0.15, -0.1) is 0 Å². The van der Waals surface area contributed by atoms with E-state index in [-0.39, 0.29) is 11.6 Å². The maximum atomic E-state index is 15.0. The number of likely N-dealkylation sites (N-methyl/N-ethyl adjacent to an activating group) is 1. The number of fused-ring (bicyclic) bond motifs is 1. The molecule has 0 saturated carbocycles. The van der Waals surface area contributed by atoms with E-state index in [1.807, 2.05) is 12.1 Å². The first-order valence-electron chi connectivity index (χ1n) is 13.4. The average molecular weight is 592 g/mol. The van der Waals surface area contributed by atoms with E-state index in [0.717, 1.165) is 42.7 Å². The Bertz CT molecular complexity index is 1570. The number of benzene rings is 3. The number of nitrogens with one attached hydrogen (secondary N) is 1. The third kappa shape index (κ3) is 8.04. The van der Waals surface area contributed by atoms with Crippen molar-refractivity contribution >= 4 is 17.1 Å². The molecule has 1 fully saturated rings. The number of carboxylic acid groups (broad SMARTS) is 1. The van der Waals surface area contributed by atoms with Crippen molar-refractivity contribution in [3.63, 3.8) is 0 Å². The second-order valence-electron chi connectivity index (χ2n) is 10.1. The SMILES string of the molecule is CCN1CCCC1CN(Cc1ccc(F)cc1)Cc1cc(-c2ccc3[nH]c(=O)oc3c2)ccc1F.O=C(O)C(F)(F)F. The number of oxazole rings is 1. The third-order valence-corrected chi connectivity index (χ3v) is 7.13. The van der Waals surface area contributed by atoms with Crippen LogP contribution >= 0.6 is 0 Å². The molecule has 1 unspecified atom stereocenters. The normalized spacial score (nSPS) is 15.6. The Morgan fingerprint density at radius 1 is 1.05 bits per heavy atom. The highest BCUT2D eigenvalue weighted by Crippen LogP contribution is 2.27. The van der Waals surface area contributed by atoms with Gasteiger partial charge in [0, 0.05) is 31.2 Å². The van der Waals surface area contributed by atoms with Gasteiger partial charge < -0.3 is 9.52 Å². The van der Waals surface area contributed by atoms with Crippen LogP contribution in [0.15, 0.2) is 69.9 Å². The second kappa shape index (κ2) is 13.3. The van der Waals surface area contributed by atoms with Crippen LogP contribution in [0.25, 0.3) is 22.2 Å². The summed E-state index contributed by atoms with van der Waals surface area (Å²) >= 11 is 0. The van der Waals surface area contributed by atoms with Crippen LogP contribution in [0.4, 0.5) is 22.0 Å². The summed E-state index contributed by atoms with van der Waals surface area (Å²) in [7, 11) is 0. The molecule has 1 aromatic heterocycles. The molecule has 0 bridgehead atoms. The first-order chi connectivity index (χ1) is 19.9. The van der Waals surface area contributed by atoms with Crippen molar-refractivity contribution in [1.82, 2.24) is 14.8 Å². The number of nitrogens with zero attached hydrogens (tertiary/aromatic N) is 2. The molecular formula is C30H30F5N3O4. The number of halogens is 5. The molecule has 0 aliphatic carbocycles.